The Morgan fingerprint density at radius 3 is 2.92 bits per heavy atom. The number of likely N-dealkylation sites (tertiary alicyclic amines) is 1. The van der Waals surface area contributed by atoms with Crippen molar-refractivity contribution in [2.45, 2.75) is 38.1 Å². The molecule has 0 aromatic carbocycles. The van der Waals surface area contributed by atoms with Gasteiger partial charge in [-0.05, 0) is 56.3 Å². The zero-order valence-electron chi connectivity index (χ0n) is 14.8. The minimum absolute atomic E-state index is 0.131. The largest absolute Gasteiger partial charge is 0.478 e. The van der Waals surface area contributed by atoms with E-state index in [1.807, 2.05) is 19.3 Å². The van der Waals surface area contributed by atoms with E-state index in [1.165, 1.54) is 17.0 Å². The first kappa shape index (κ1) is 17.3. The molecule has 2 N–H and O–H groups in total. The predicted molar refractivity (Wildman–Crippen MR) is 101 cm³/mol. The van der Waals surface area contributed by atoms with Crippen molar-refractivity contribution in [2.75, 3.05) is 18.4 Å². The highest BCUT2D eigenvalue weighted by Crippen LogP contribution is 2.39. The van der Waals surface area contributed by atoms with Crippen LogP contribution in [0, 0.1) is 0 Å². The third kappa shape index (κ3) is 3.05. The lowest BCUT2D eigenvalue weighted by molar-refractivity contribution is -0.117. The number of carboxylic acids is 1. The minimum atomic E-state index is -0.942. The summed E-state index contributed by atoms with van der Waals surface area (Å²) in [6, 6.07) is 4.37. The molecule has 2 aromatic rings. The molecule has 26 heavy (non-hydrogen) atoms. The number of nitrogens with one attached hydrogen (secondary N) is 1. The molecule has 0 radical (unpaired) electrons. The monoisotopic (exact) mass is 373 g/mol. The molecular weight excluding hydrogens is 350 g/mol. The maximum Gasteiger partial charge on any atom is 0.339 e. The molecule has 7 heteroatoms. The topological polar surface area (TPSA) is 74.6 Å². The van der Waals surface area contributed by atoms with Gasteiger partial charge in [0.15, 0.2) is 0 Å². The van der Waals surface area contributed by atoms with E-state index >= 15 is 0 Å². The van der Waals surface area contributed by atoms with E-state index in [1.54, 1.807) is 0 Å². The lowest BCUT2D eigenvalue weighted by Gasteiger charge is -2.24. The molecule has 1 aliphatic heterocycles. The number of fused-ring (bicyclic) bond motifs is 1. The predicted octanol–water partition coefficient (Wildman–Crippen LogP) is 3.05. The van der Waals surface area contributed by atoms with Gasteiger partial charge in [0.2, 0.25) is 5.91 Å². The smallest absolute Gasteiger partial charge is 0.339 e. The zero-order chi connectivity index (χ0) is 18.3. The lowest BCUT2D eigenvalue weighted by atomic mass is 10.1. The van der Waals surface area contributed by atoms with Crippen molar-refractivity contribution in [2.24, 2.45) is 7.05 Å². The fraction of sp³-hybridized carbons (Fsp3) is 0.474. The van der Waals surface area contributed by atoms with Gasteiger partial charge in [-0.15, -0.1) is 11.3 Å². The number of anilines is 1. The Labute approximate surface area is 156 Å². The van der Waals surface area contributed by atoms with Crippen molar-refractivity contribution < 1.29 is 14.7 Å². The van der Waals surface area contributed by atoms with Crippen LogP contribution in [0.15, 0.2) is 18.3 Å². The van der Waals surface area contributed by atoms with Gasteiger partial charge in [0.1, 0.15) is 5.00 Å². The lowest BCUT2D eigenvalue weighted by Crippen LogP contribution is -2.33. The van der Waals surface area contributed by atoms with Gasteiger partial charge in [0.25, 0.3) is 0 Å². The number of carbonyl (C=O) groups is 2. The summed E-state index contributed by atoms with van der Waals surface area (Å²) >= 11 is 1.43. The van der Waals surface area contributed by atoms with Crippen molar-refractivity contribution in [1.82, 2.24) is 9.47 Å². The highest BCUT2D eigenvalue weighted by molar-refractivity contribution is 7.17. The quantitative estimate of drug-likeness (QED) is 0.845. The zero-order valence-corrected chi connectivity index (χ0v) is 15.6. The second-order valence-corrected chi connectivity index (χ2v) is 8.19. The van der Waals surface area contributed by atoms with E-state index in [0.29, 0.717) is 10.6 Å². The number of nitrogens with zero attached hydrogens (tertiary/aromatic N) is 2. The summed E-state index contributed by atoms with van der Waals surface area (Å²) in [5.41, 5.74) is 2.44. The number of amides is 1. The Morgan fingerprint density at radius 1 is 1.35 bits per heavy atom. The standard InChI is InChI=1S/C19H23N3O3S/c1-21-9-3-6-13(21)14-7-4-10-22(14)11-16(23)20-18-17(19(24)25)12-5-2-8-15(12)26-18/h3,6,9,14H,2,4-5,7-8,10-11H2,1H3,(H,20,23)(H,24,25). The third-order valence-corrected chi connectivity index (χ3v) is 6.63. The van der Waals surface area contributed by atoms with Gasteiger partial charge in [-0.25, -0.2) is 4.79 Å². The molecule has 1 amide bonds. The molecule has 138 valence electrons. The van der Waals surface area contributed by atoms with E-state index in [2.05, 4.69) is 20.9 Å². The number of aromatic nitrogens is 1. The van der Waals surface area contributed by atoms with E-state index in [-0.39, 0.29) is 18.5 Å². The number of carbonyl (C=O) groups excluding carboxylic acids is 1. The van der Waals surface area contributed by atoms with Crippen LogP contribution in [0.2, 0.25) is 0 Å². The molecule has 4 rings (SSSR count). The normalized spacial score (nSPS) is 19.7. The molecule has 1 aliphatic carbocycles. The summed E-state index contributed by atoms with van der Waals surface area (Å²) in [4.78, 5) is 27.6. The molecule has 1 saturated heterocycles. The van der Waals surface area contributed by atoms with Gasteiger partial charge in [-0.2, -0.15) is 0 Å². The third-order valence-electron chi connectivity index (χ3n) is 5.42. The van der Waals surface area contributed by atoms with Crippen LogP contribution in [0.1, 0.15) is 51.8 Å². The first-order valence-electron chi connectivity index (χ1n) is 9.07. The summed E-state index contributed by atoms with van der Waals surface area (Å²) in [6.45, 7) is 1.17. The Morgan fingerprint density at radius 2 is 2.19 bits per heavy atom. The van der Waals surface area contributed by atoms with Gasteiger partial charge in [-0.3, -0.25) is 9.69 Å². The molecule has 2 aliphatic rings. The first-order chi connectivity index (χ1) is 12.5. The number of hydrogen-bond donors (Lipinski definition) is 2. The fourth-order valence-electron chi connectivity index (χ4n) is 4.24. The number of hydrogen-bond acceptors (Lipinski definition) is 4. The molecule has 0 spiro atoms. The van der Waals surface area contributed by atoms with Gasteiger partial charge in [-0.1, -0.05) is 0 Å². The highest BCUT2D eigenvalue weighted by Gasteiger charge is 2.31. The van der Waals surface area contributed by atoms with Crippen molar-refractivity contribution >= 4 is 28.2 Å². The number of thiophene rings is 1. The van der Waals surface area contributed by atoms with Gasteiger partial charge in [0, 0.05) is 23.8 Å². The number of aromatic carboxylic acids is 1. The van der Waals surface area contributed by atoms with E-state index in [4.69, 9.17) is 0 Å². The van der Waals surface area contributed by atoms with Gasteiger partial charge < -0.3 is 15.0 Å². The Bertz CT molecular complexity index is 854. The Balaban J connectivity index is 1.48. The molecule has 0 saturated carbocycles. The van der Waals surface area contributed by atoms with Crippen molar-refractivity contribution in [3.8, 4) is 0 Å². The van der Waals surface area contributed by atoms with Crippen LogP contribution in [-0.4, -0.2) is 39.5 Å². The molecule has 0 bridgehead atoms. The summed E-state index contributed by atoms with van der Waals surface area (Å²) in [6.07, 6.45) is 6.85. The Kier molecular flexibility index (Phi) is 4.58. The fourth-order valence-corrected chi connectivity index (χ4v) is 5.54. The second-order valence-electron chi connectivity index (χ2n) is 7.09. The molecule has 6 nitrogen and oxygen atoms in total. The second kappa shape index (κ2) is 6.89. The maximum atomic E-state index is 12.6. The average Bonchev–Trinajstić information content (AvgIpc) is 3.31. The van der Waals surface area contributed by atoms with Crippen LogP contribution >= 0.6 is 11.3 Å². The van der Waals surface area contributed by atoms with Crippen LogP contribution in [0.3, 0.4) is 0 Å². The number of rotatable bonds is 5. The number of carboxylic acid groups (broad SMARTS) is 1. The Hall–Kier alpha value is -2.12. The molecule has 3 heterocycles. The van der Waals surface area contributed by atoms with Crippen LogP contribution in [0.25, 0.3) is 0 Å². The van der Waals surface area contributed by atoms with Crippen molar-refractivity contribution in [1.29, 1.82) is 0 Å². The summed E-state index contributed by atoms with van der Waals surface area (Å²) in [5.74, 6) is -1.07. The minimum Gasteiger partial charge on any atom is -0.478 e. The van der Waals surface area contributed by atoms with E-state index < -0.39 is 5.97 Å². The highest BCUT2D eigenvalue weighted by atomic mass is 32.1. The summed E-state index contributed by atoms with van der Waals surface area (Å²) in [7, 11) is 2.03. The molecule has 1 atom stereocenters. The molecular formula is C19H23N3O3S. The van der Waals surface area contributed by atoms with Crippen LogP contribution in [0.5, 0.6) is 0 Å². The van der Waals surface area contributed by atoms with Crippen LogP contribution < -0.4 is 5.32 Å². The molecule has 2 aromatic heterocycles. The van der Waals surface area contributed by atoms with Gasteiger partial charge >= 0.3 is 5.97 Å². The van der Waals surface area contributed by atoms with E-state index in [0.717, 1.165) is 49.1 Å². The van der Waals surface area contributed by atoms with Crippen molar-refractivity contribution in [3.05, 3.63) is 40.0 Å². The molecule has 1 fully saturated rings. The SMILES string of the molecule is Cn1cccc1C1CCCN1CC(=O)Nc1sc2c(c1C(=O)O)CCC2. The number of aryl methyl sites for hydroxylation is 2. The molecule has 1 unspecified atom stereocenters. The summed E-state index contributed by atoms with van der Waals surface area (Å²) in [5, 5.41) is 12.9. The van der Waals surface area contributed by atoms with Crippen molar-refractivity contribution in [3.63, 3.8) is 0 Å². The summed E-state index contributed by atoms with van der Waals surface area (Å²) < 4.78 is 2.10. The van der Waals surface area contributed by atoms with Gasteiger partial charge in [0.05, 0.1) is 18.2 Å². The van der Waals surface area contributed by atoms with E-state index in [9.17, 15) is 14.7 Å². The van der Waals surface area contributed by atoms with Crippen LogP contribution in [0.4, 0.5) is 5.00 Å². The first-order valence-corrected chi connectivity index (χ1v) is 9.89. The maximum absolute atomic E-state index is 12.6. The average molecular weight is 373 g/mol. The van der Waals surface area contributed by atoms with Crippen LogP contribution in [-0.2, 0) is 24.7 Å².